The van der Waals surface area contributed by atoms with E-state index in [1.54, 1.807) is 13.3 Å². The zero-order valence-corrected chi connectivity index (χ0v) is 13.1. The fraction of sp³-hybridized carbons (Fsp3) is 0.438. The van der Waals surface area contributed by atoms with E-state index in [1.807, 2.05) is 18.2 Å². The molecule has 5 nitrogen and oxygen atoms in total. The average molecular weight is 323 g/mol. The number of nitrogens with one attached hydrogen (secondary N) is 1. The van der Waals surface area contributed by atoms with Gasteiger partial charge in [-0.2, -0.15) is 0 Å². The average Bonchev–Trinajstić information content (AvgIpc) is 3.06. The predicted molar refractivity (Wildman–Crippen MR) is 84.7 cm³/mol. The van der Waals surface area contributed by atoms with Gasteiger partial charge in [0, 0.05) is 55.0 Å². The molecule has 1 aliphatic heterocycles. The number of halogens is 1. The van der Waals surface area contributed by atoms with Crippen LogP contribution in [0.1, 0.15) is 12.0 Å². The van der Waals surface area contributed by atoms with E-state index in [0.717, 1.165) is 16.5 Å². The minimum absolute atomic E-state index is 0.0359. The number of β-amino-alcohol motifs (C(OH)–C–C–N with tert-alkyl or cyclic N) is 1. The van der Waals surface area contributed by atoms with Gasteiger partial charge in [0.05, 0.1) is 12.4 Å². The second kappa shape index (κ2) is 6.28. The number of amides is 1. The van der Waals surface area contributed by atoms with Gasteiger partial charge in [-0.1, -0.05) is 11.6 Å². The highest BCUT2D eigenvalue weighted by molar-refractivity contribution is 6.31. The van der Waals surface area contributed by atoms with Crippen molar-refractivity contribution in [1.29, 1.82) is 0 Å². The summed E-state index contributed by atoms with van der Waals surface area (Å²) >= 11 is 6.15. The largest absolute Gasteiger partial charge is 0.464 e. The maximum Gasteiger partial charge on any atom is 0.220 e. The monoisotopic (exact) mass is 322 g/mol. The smallest absolute Gasteiger partial charge is 0.220 e. The minimum Gasteiger partial charge on any atom is -0.464 e. The number of aliphatic hydroxyl groups excluding tert-OH is 1. The number of rotatable bonds is 4. The molecule has 1 saturated heterocycles. The van der Waals surface area contributed by atoms with Gasteiger partial charge in [-0.3, -0.25) is 9.69 Å². The quantitative estimate of drug-likeness (QED) is 0.904. The standard InChI is InChI=1S/C16H19ClN2O3/c1-18-15(21)6-11-7-19(9-14(11)20)8-12-5-13(17)4-10-2-3-22-16(10)12/h2-5,11,14,20H,6-9H2,1H3,(H,18,21)/t11-,14-/m1/s1. The first kappa shape index (κ1) is 15.3. The Balaban J connectivity index is 1.73. The lowest BCUT2D eigenvalue weighted by atomic mass is 10.0. The Labute approximate surface area is 133 Å². The van der Waals surface area contributed by atoms with Gasteiger partial charge in [-0.05, 0) is 18.2 Å². The molecule has 118 valence electrons. The van der Waals surface area contributed by atoms with Gasteiger partial charge in [0.2, 0.25) is 5.91 Å². The number of carbonyl (C=O) groups excluding carboxylic acids is 1. The van der Waals surface area contributed by atoms with Crippen LogP contribution in [0.4, 0.5) is 0 Å². The van der Waals surface area contributed by atoms with Gasteiger partial charge in [0.25, 0.3) is 0 Å². The van der Waals surface area contributed by atoms with Crippen molar-refractivity contribution in [3.05, 3.63) is 35.0 Å². The first-order valence-corrected chi connectivity index (χ1v) is 7.71. The van der Waals surface area contributed by atoms with Crippen molar-refractivity contribution in [1.82, 2.24) is 10.2 Å². The van der Waals surface area contributed by atoms with E-state index in [4.69, 9.17) is 16.0 Å². The summed E-state index contributed by atoms with van der Waals surface area (Å²) in [5, 5.41) is 14.4. The number of benzene rings is 1. The first-order valence-electron chi connectivity index (χ1n) is 7.33. The van der Waals surface area contributed by atoms with Gasteiger partial charge in [-0.15, -0.1) is 0 Å². The molecule has 0 spiro atoms. The fourth-order valence-electron chi connectivity index (χ4n) is 3.09. The molecule has 1 amide bonds. The number of aliphatic hydroxyl groups is 1. The summed E-state index contributed by atoms with van der Waals surface area (Å²) in [6.45, 7) is 1.88. The predicted octanol–water partition coefficient (Wildman–Crippen LogP) is 2.02. The maximum absolute atomic E-state index is 11.5. The van der Waals surface area contributed by atoms with Gasteiger partial charge >= 0.3 is 0 Å². The molecule has 1 fully saturated rings. The second-order valence-electron chi connectivity index (χ2n) is 5.80. The molecule has 2 atom stereocenters. The number of nitrogens with zero attached hydrogens (tertiary/aromatic N) is 1. The molecule has 1 aromatic heterocycles. The molecule has 0 bridgehead atoms. The molecule has 0 radical (unpaired) electrons. The van der Waals surface area contributed by atoms with Crippen molar-refractivity contribution in [3.8, 4) is 0 Å². The van der Waals surface area contributed by atoms with E-state index in [-0.39, 0.29) is 11.8 Å². The van der Waals surface area contributed by atoms with Crippen LogP contribution in [0.3, 0.4) is 0 Å². The van der Waals surface area contributed by atoms with Crippen LogP contribution in [0, 0.1) is 5.92 Å². The number of furan rings is 1. The summed E-state index contributed by atoms with van der Waals surface area (Å²) in [5.41, 5.74) is 1.83. The van der Waals surface area contributed by atoms with Crippen molar-refractivity contribution < 1.29 is 14.3 Å². The molecule has 2 aromatic rings. The lowest BCUT2D eigenvalue weighted by Gasteiger charge is -2.16. The Hall–Kier alpha value is -1.56. The molecule has 2 heterocycles. The first-order chi connectivity index (χ1) is 10.6. The van der Waals surface area contributed by atoms with Crippen molar-refractivity contribution in [2.75, 3.05) is 20.1 Å². The molecule has 3 rings (SSSR count). The SMILES string of the molecule is CNC(=O)C[C@@H]1CN(Cc2cc(Cl)cc3ccoc23)C[C@H]1O. The second-order valence-corrected chi connectivity index (χ2v) is 6.24. The number of likely N-dealkylation sites (tertiary alicyclic amines) is 1. The van der Waals surface area contributed by atoms with E-state index >= 15 is 0 Å². The Kier molecular flexibility index (Phi) is 4.38. The molecule has 0 unspecified atom stereocenters. The van der Waals surface area contributed by atoms with E-state index in [1.165, 1.54) is 0 Å². The number of fused-ring (bicyclic) bond motifs is 1. The normalized spacial score (nSPS) is 22.3. The van der Waals surface area contributed by atoms with Crippen LogP contribution in [0.5, 0.6) is 0 Å². The highest BCUT2D eigenvalue weighted by atomic mass is 35.5. The summed E-state index contributed by atoms with van der Waals surface area (Å²) < 4.78 is 5.54. The van der Waals surface area contributed by atoms with Crippen molar-refractivity contribution in [3.63, 3.8) is 0 Å². The maximum atomic E-state index is 11.5. The van der Waals surface area contributed by atoms with Crippen molar-refractivity contribution in [2.45, 2.75) is 19.1 Å². The third-order valence-electron chi connectivity index (χ3n) is 4.20. The van der Waals surface area contributed by atoms with Gasteiger partial charge in [-0.25, -0.2) is 0 Å². The van der Waals surface area contributed by atoms with Crippen LogP contribution >= 0.6 is 11.6 Å². The molecule has 6 heteroatoms. The van der Waals surface area contributed by atoms with E-state index in [0.29, 0.717) is 31.1 Å². The third-order valence-corrected chi connectivity index (χ3v) is 4.41. The van der Waals surface area contributed by atoms with Crippen LogP contribution in [-0.4, -0.2) is 42.2 Å². The summed E-state index contributed by atoms with van der Waals surface area (Å²) in [7, 11) is 1.61. The molecular formula is C16H19ClN2O3. The highest BCUT2D eigenvalue weighted by Gasteiger charge is 2.32. The minimum atomic E-state index is -0.483. The van der Waals surface area contributed by atoms with Crippen LogP contribution in [0.25, 0.3) is 11.0 Å². The zero-order valence-electron chi connectivity index (χ0n) is 12.4. The van der Waals surface area contributed by atoms with E-state index < -0.39 is 6.10 Å². The number of carbonyl (C=O) groups is 1. The lowest BCUT2D eigenvalue weighted by molar-refractivity contribution is -0.122. The summed E-state index contributed by atoms with van der Waals surface area (Å²) in [5.74, 6) is -0.0756. The highest BCUT2D eigenvalue weighted by Crippen LogP contribution is 2.28. The Morgan fingerprint density at radius 2 is 2.32 bits per heavy atom. The van der Waals surface area contributed by atoms with Gasteiger partial charge < -0.3 is 14.8 Å². The van der Waals surface area contributed by atoms with E-state index in [2.05, 4.69) is 10.2 Å². The molecule has 0 saturated carbocycles. The van der Waals surface area contributed by atoms with Crippen LogP contribution in [0.2, 0.25) is 5.02 Å². The summed E-state index contributed by atoms with van der Waals surface area (Å²) in [6, 6.07) is 5.65. The molecule has 0 aliphatic carbocycles. The van der Waals surface area contributed by atoms with Crippen molar-refractivity contribution in [2.24, 2.45) is 5.92 Å². The summed E-state index contributed by atoms with van der Waals surface area (Å²) in [6.07, 6.45) is 1.51. The third kappa shape index (κ3) is 3.11. The Morgan fingerprint density at radius 3 is 3.09 bits per heavy atom. The summed E-state index contributed by atoms with van der Waals surface area (Å²) in [4.78, 5) is 13.6. The van der Waals surface area contributed by atoms with E-state index in [9.17, 15) is 9.90 Å². The van der Waals surface area contributed by atoms with Crippen LogP contribution < -0.4 is 5.32 Å². The number of hydrogen-bond acceptors (Lipinski definition) is 4. The fourth-order valence-corrected chi connectivity index (χ4v) is 3.34. The zero-order chi connectivity index (χ0) is 15.7. The lowest BCUT2D eigenvalue weighted by Crippen LogP contribution is -2.27. The van der Waals surface area contributed by atoms with Crippen LogP contribution in [0.15, 0.2) is 28.9 Å². The molecule has 22 heavy (non-hydrogen) atoms. The van der Waals surface area contributed by atoms with Gasteiger partial charge in [0.15, 0.2) is 0 Å². The Bertz CT molecular complexity index is 685. The van der Waals surface area contributed by atoms with Gasteiger partial charge in [0.1, 0.15) is 5.58 Å². The van der Waals surface area contributed by atoms with Crippen molar-refractivity contribution >= 4 is 28.5 Å². The molecule has 1 aliphatic rings. The topological polar surface area (TPSA) is 65.7 Å². The molecule has 2 N–H and O–H groups in total. The number of hydrogen-bond donors (Lipinski definition) is 2. The molecule has 1 aromatic carbocycles. The Morgan fingerprint density at radius 1 is 1.50 bits per heavy atom. The molecular weight excluding hydrogens is 304 g/mol. The van der Waals surface area contributed by atoms with Crippen LogP contribution in [-0.2, 0) is 11.3 Å².